The van der Waals surface area contributed by atoms with Gasteiger partial charge in [0.15, 0.2) is 0 Å². The Morgan fingerprint density at radius 3 is 2.43 bits per heavy atom. The number of rotatable bonds is 7. The Morgan fingerprint density at radius 2 is 1.70 bits per heavy atom. The number of methoxy groups -OCH3 is 2. The lowest BCUT2D eigenvalue weighted by Crippen LogP contribution is -2.16. The second-order valence-corrected chi connectivity index (χ2v) is 5.50. The lowest BCUT2D eigenvalue weighted by Gasteiger charge is -2.06. The zero-order valence-corrected chi connectivity index (χ0v) is 13.6. The van der Waals surface area contributed by atoms with Crippen LogP contribution in [0.2, 0.25) is 0 Å². The third-order valence-corrected chi connectivity index (χ3v) is 4.04. The Balaban J connectivity index is 1.56. The van der Waals surface area contributed by atoms with Crippen molar-refractivity contribution in [2.24, 2.45) is 0 Å². The van der Waals surface area contributed by atoms with E-state index in [0.29, 0.717) is 0 Å². The van der Waals surface area contributed by atoms with Gasteiger partial charge < -0.3 is 19.8 Å². The minimum absolute atomic E-state index is 0.837. The topological polar surface area (TPSA) is 46.3 Å². The second-order valence-electron chi connectivity index (χ2n) is 5.50. The first-order valence-electron chi connectivity index (χ1n) is 7.78. The fraction of sp³-hybridized carbons (Fsp3) is 0.263. The van der Waals surface area contributed by atoms with E-state index >= 15 is 0 Å². The van der Waals surface area contributed by atoms with Crippen LogP contribution in [0.25, 0.3) is 10.9 Å². The summed E-state index contributed by atoms with van der Waals surface area (Å²) in [5.74, 6) is 1.78. The number of hydrogen-bond acceptors (Lipinski definition) is 3. The molecule has 3 aromatic rings. The zero-order valence-electron chi connectivity index (χ0n) is 13.6. The van der Waals surface area contributed by atoms with Gasteiger partial charge in [0.25, 0.3) is 0 Å². The van der Waals surface area contributed by atoms with Crippen LogP contribution < -0.4 is 14.8 Å². The van der Waals surface area contributed by atoms with Crippen LogP contribution in [0.1, 0.15) is 11.1 Å². The average molecular weight is 310 g/mol. The Morgan fingerprint density at radius 1 is 0.957 bits per heavy atom. The molecule has 0 fully saturated rings. The molecule has 0 spiro atoms. The summed E-state index contributed by atoms with van der Waals surface area (Å²) in [6.45, 7) is 1.77. The molecule has 0 amide bonds. The van der Waals surface area contributed by atoms with Crippen LogP contribution >= 0.6 is 0 Å². The number of H-pyrrole nitrogens is 1. The largest absolute Gasteiger partial charge is 0.497 e. The number of nitrogens with one attached hydrogen (secondary N) is 2. The Hall–Kier alpha value is -2.46. The van der Waals surface area contributed by atoms with Gasteiger partial charge in [0.2, 0.25) is 0 Å². The Kier molecular flexibility index (Phi) is 4.83. The monoisotopic (exact) mass is 310 g/mol. The van der Waals surface area contributed by atoms with Crippen molar-refractivity contribution in [1.29, 1.82) is 0 Å². The molecular formula is C19H22N2O2. The first-order valence-corrected chi connectivity index (χ1v) is 7.78. The predicted molar refractivity (Wildman–Crippen MR) is 93.3 cm³/mol. The summed E-state index contributed by atoms with van der Waals surface area (Å²) in [6, 6.07) is 14.3. The maximum Gasteiger partial charge on any atom is 0.119 e. The maximum absolute atomic E-state index is 5.30. The van der Waals surface area contributed by atoms with E-state index in [9.17, 15) is 0 Å². The summed E-state index contributed by atoms with van der Waals surface area (Å²) in [5.41, 5.74) is 3.70. The van der Waals surface area contributed by atoms with E-state index in [-0.39, 0.29) is 0 Å². The normalized spacial score (nSPS) is 10.9. The fourth-order valence-electron chi connectivity index (χ4n) is 2.68. The van der Waals surface area contributed by atoms with Gasteiger partial charge >= 0.3 is 0 Å². The molecule has 0 saturated heterocycles. The highest BCUT2D eigenvalue weighted by Gasteiger charge is 2.04. The van der Waals surface area contributed by atoms with E-state index in [4.69, 9.17) is 9.47 Å². The van der Waals surface area contributed by atoms with Gasteiger partial charge in [-0.2, -0.15) is 0 Å². The van der Waals surface area contributed by atoms with Crippen molar-refractivity contribution < 1.29 is 9.47 Å². The number of benzene rings is 2. The minimum Gasteiger partial charge on any atom is -0.497 e. The van der Waals surface area contributed by atoms with Gasteiger partial charge in [-0.3, -0.25) is 0 Å². The smallest absolute Gasteiger partial charge is 0.119 e. The van der Waals surface area contributed by atoms with Crippen LogP contribution in [-0.2, 0) is 13.0 Å². The molecule has 23 heavy (non-hydrogen) atoms. The lowest BCUT2D eigenvalue weighted by molar-refractivity contribution is 0.414. The molecule has 0 aliphatic rings. The molecule has 0 aliphatic heterocycles. The second kappa shape index (κ2) is 7.20. The van der Waals surface area contributed by atoms with E-state index in [1.54, 1.807) is 14.2 Å². The molecule has 0 aliphatic carbocycles. The van der Waals surface area contributed by atoms with Crippen LogP contribution in [-0.4, -0.2) is 25.7 Å². The van der Waals surface area contributed by atoms with Gasteiger partial charge in [-0.25, -0.2) is 0 Å². The molecule has 0 saturated carbocycles. The molecule has 0 bridgehead atoms. The van der Waals surface area contributed by atoms with Crippen molar-refractivity contribution >= 4 is 10.9 Å². The molecule has 0 radical (unpaired) electrons. The van der Waals surface area contributed by atoms with Crippen molar-refractivity contribution in [2.75, 3.05) is 20.8 Å². The summed E-state index contributed by atoms with van der Waals surface area (Å²) >= 11 is 0. The van der Waals surface area contributed by atoms with Gasteiger partial charge in [0.05, 0.1) is 14.2 Å². The van der Waals surface area contributed by atoms with E-state index < -0.39 is 0 Å². The number of fused-ring (bicyclic) bond motifs is 1. The van der Waals surface area contributed by atoms with Gasteiger partial charge in [0, 0.05) is 23.6 Å². The van der Waals surface area contributed by atoms with Crippen molar-refractivity contribution in [2.45, 2.75) is 13.0 Å². The van der Waals surface area contributed by atoms with Gasteiger partial charge in [0.1, 0.15) is 11.5 Å². The molecule has 3 rings (SSSR count). The fourth-order valence-corrected chi connectivity index (χ4v) is 2.68. The first-order chi connectivity index (χ1) is 11.3. The van der Waals surface area contributed by atoms with Gasteiger partial charge in [-0.15, -0.1) is 0 Å². The molecule has 0 atom stereocenters. The highest BCUT2D eigenvalue weighted by molar-refractivity contribution is 5.84. The predicted octanol–water partition coefficient (Wildman–Crippen LogP) is 3.52. The molecule has 1 heterocycles. The number of aromatic amines is 1. The summed E-state index contributed by atoms with van der Waals surface area (Å²) in [4.78, 5) is 3.30. The quantitative estimate of drug-likeness (QED) is 0.656. The minimum atomic E-state index is 0.837. The average Bonchev–Trinajstić information content (AvgIpc) is 3.01. The molecule has 2 N–H and O–H groups in total. The molecular weight excluding hydrogens is 288 g/mol. The van der Waals surface area contributed by atoms with E-state index in [2.05, 4.69) is 40.8 Å². The standard InChI is InChI=1S/C19H22N2O2/c1-22-16-5-3-14(4-6-16)9-10-20-12-15-13-21-19-8-7-17(23-2)11-18(15)19/h3-8,11,13,20-21H,9-10,12H2,1-2H3. The number of aromatic nitrogens is 1. The molecule has 4 nitrogen and oxygen atoms in total. The van der Waals surface area contributed by atoms with Crippen LogP contribution in [0.4, 0.5) is 0 Å². The van der Waals surface area contributed by atoms with E-state index in [1.165, 1.54) is 16.5 Å². The maximum atomic E-state index is 5.30. The summed E-state index contributed by atoms with van der Waals surface area (Å²) in [6.07, 6.45) is 3.06. The van der Waals surface area contributed by atoms with Crippen LogP contribution in [0.5, 0.6) is 11.5 Å². The number of ether oxygens (including phenoxy) is 2. The number of hydrogen-bond donors (Lipinski definition) is 2. The van der Waals surface area contributed by atoms with Crippen molar-refractivity contribution in [3.8, 4) is 11.5 Å². The molecule has 120 valence electrons. The van der Waals surface area contributed by atoms with Crippen LogP contribution in [0, 0.1) is 0 Å². The molecule has 4 heteroatoms. The van der Waals surface area contributed by atoms with Crippen LogP contribution in [0.15, 0.2) is 48.7 Å². The van der Waals surface area contributed by atoms with Crippen molar-refractivity contribution in [1.82, 2.24) is 10.3 Å². The summed E-state index contributed by atoms with van der Waals surface area (Å²) in [5, 5.41) is 4.71. The van der Waals surface area contributed by atoms with Crippen molar-refractivity contribution in [3.05, 3.63) is 59.8 Å². The highest BCUT2D eigenvalue weighted by Crippen LogP contribution is 2.23. The van der Waals surface area contributed by atoms with Gasteiger partial charge in [-0.05, 0) is 54.4 Å². The van der Waals surface area contributed by atoms with Crippen LogP contribution in [0.3, 0.4) is 0 Å². The lowest BCUT2D eigenvalue weighted by atomic mass is 10.1. The van der Waals surface area contributed by atoms with E-state index in [1.807, 2.05) is 18.2 Å². The summed E-state index contributed by atoms with van der Waals surface area (Å²) in [7, 11) is 3.38. The van der Waals surface area contributed by atoms with Gasteiger partial charge in [-0.1, -0.05) is 12.1 Å². The molecule has 0 unspecified atom stereocenters. The van der Waals surface area contributed by atoms with E-state index in [0.717, 1.165) is 36.5 Å². The molecule has 2 aromatic carbocycles. The Labute approximate surface area is 136 Å². The summed E-state index contributed by atoms with van der Waals surface area (Å²) < 4.78 is 10.5. The third kappa shape index (κ3) is 3.66. The highest BCUT2D eigenvalue weighted by atomic mass is 16.5. The third-order valence-electron chi connectivity index (χ3n) is 4.04. The SMILES string of the molecule is COc1ccc(CCNCc2c[nH]c3ccc(OC)cc23)cc1. The van der Waals surface area contributed by atoms with Crippen molar-refractivity contribution in [3.63, 3.8) is 0 Å². The first kappa shape index (κ1) is 15.4. The zero-order chi connectivity index (χ0) is 16.1. The Bertz CT molecular complexity index is 763. The molecule has 1 aromatic heterocycles.